The van der Waals surface area contributed by atoms with Crippen molar-refractivity contribution in [3.8, 4) is 17.2 Å². The van der Waals surface area contributed by atoms with E-state index in [2.05, 4.69) is 0 Å². The van der Waals surface area contributed by atoms with Gasteiger partial charge in [-0.2, -0.15) is 0 Å². The van der Waals surface area contributed by atoms with Crippen LogP contribution < -0.4 is 9.47 Å². The van der Waals surface area contributed by atoms with Gasteiger partial charge in [0, 0.05) is 6.42 Å². The minimum Gasteiger partial charge on any atom is -0.504 e. The predicted molar refractivity (Wildman–Crippen MR) is 54.8 cm³/mol. The van der Waals surface area contributed by atoms with E-state index in [4.69, 9.17) is 14.6 Å². The molecule has 0 spiro atoms. The average Bonchev–Trinajstić information content (AvgIpc) is 2.69. The van der Waals surface area contributed by atoms with Crippen molar-refractivity contribution in [1.82, 2.24) is 0 Å². The zero-order valence-corrected chi connectivity index (χ0v) is 8.60. The van der Waals surface area contributed by atoms with E-state index in [1.54, 1.807) is 12.1 Å². The summed E-state index contributed by atoms with van der Waals surface area (Å²) in [4.78, 5) is 10.4. The third kappa shape index (κ3) is 2.03. The average molecular weight is 224 g/mol. The number of hydrogen-bond acceptors (Lipinski definition) is 4. The van der Waals surface area contributed by atoms with Crippen LogP contribution in [-0.4, -0.2) is 23.0 Å². The first-order chi connectivity index (χ1) is 7.68. The molecule has 0 aliphatic carbocycles. The molecule has 0 unspecified atom stereocenters. The van der Waals surface area contributed by atoms with Gasteiger partial charge in [0.15, 0.2) is 11.5 Å². The normalized spacial score (nSPS) is 12.8. The zero-order valence-electron chi connectivity index (χ0n) is 8.60. The Bertz CT molecular complexity index is 413. The van der Waals surface area contributed by atoms with Gasteiger partial charge >= 0.3 is 5.97 Å². The van der Waals surface area contributed by atoms with Crippen LogP contribution >= 0.6 is 0 Å². The maximum Gasteiger partial charge on any atom is 0.303 e. The number of aryl methyl sites for hydroxylation is 1. The van der Waals surface area contributed by atoms with Gasteiger partial charge in [0.2, 0.25) is 12.5 Å². The van der Waals surface area contributed by atoms with Crippen molar-refractivity contribution in [3.05, 3.63) is 17.7 Å². The summed E-state index contributed by atoms with van der Waals surface area (Å²) in [6, 6.07) is 3.45. The maximum absolute atomic E-state index is 10.4. The molecule has 0 atom stereocenters. The second-order valence-corrected chi connectivity index (χ2v) is 3.55. The number of fused-ring (bicyclic) bond motifs is 1. The molecule has 0 fully saturated rings. The van der Waals surface area contributed by atoms with Gasteiger partial charge in [-0.15, -0.1) is 0 Å². The third-order valence-electron chi connectivity index (χ3n) is 2.43. The quantitative estimate of drug-likeness (QED) is 0.811. The molecule has 0 aromatic heterocycles. The van der Waals surface area contributed by atoms with Crippen LogP contribution in [0, 0.1) is 0 Å². The highest BCUT2D eigenvalue weighted by atomic mass is 16.7. The van der Waals surface area contributed by atoms with Crippen LogP contribution in [0.25, 0.3) is 0 Å². The lowest BCUT2D eigenvalue weighted by molar-refractivity contribution is -0.137. The summed E-state index contributed by atoms with van der Waals surface area (Å²) in [5.74, 6) is 0.105. The Hall–Kier alpha value is -1.91. The van der Waals surface area contributed by atoms with Crippen molar-refractivity contribution in [3.63, 3.8) is 0 Å². The number of carbonyl (C=O) groups is 1. The van der Waals surface area contributed by atoms with E-state index in [1.165, 1.54) is 0 Å². The van der Waals surface area contributed by atoms with E-state index >= 15 is 0 Å². The predicted octanol–water partition coefficient (Wildman–Crippen LogP) is 1.53. The molecule has 2 rings (SSSR count). The molecule has 0 radical (unpaired) electrons. The summed E-state index contributed by atoms with van der Waals surface area (Å²) in [6.07, 6.45) is 1.09. The van der Waals surface area contributed by atoms with Crippen molar-refractivity contribution in [2.24, 2.45) is 0 Å². The summed E-state index contributed by atoms with van der Waals surface area (Å²) >= 11 is 0. The monoisotopic (exact) mass is 224 g/mol. The summed E-state index contributed by atoms with van der Waals surface area (Å²) < 4.78 is 10.2. The van der Waals surface area contributed by atoms with Gasteiger partial charge in [-0.25, -0.2) is 0 Å². The molecule has 0 saturated heterocycles. The second kappa shape index (κ2) is 4.30. The number of carboxylic acid groups (broad SMARTS) is 1. The lowest BCUT2D eigenvalue weighted by Crippen LogP contribution is -1.96. The molecule has 1 aromatic rings. The van der Waals surface area contributed by atoms with E-state index in [0.717, 1.165) is 0 Å². The highest BCUT2D eigenvalue weighted by Gasteiger charge is 2.20. The van der Waals surface area contributed by atoms with E-state index < -0.39 is 5.97 Å². The molecule has 1 aliphatic heterocycles. The SMILES string of the molecule is O=C(O)CCCc1ccc2c(c1O)OCO2. The largest absolute Gasteiger partial charge is 0.504 e. The number of benzene rings is 1. The van der Waals surface area contributed by atoms with E-state index in [9.17, 15) is 9.90 Å². The van der Waals surface area contributed by atoms with Crippen molar-refractivity contribution >= 4 is 5.97 Å². The summed E-state index contributed by atoms with van der Waals surface area (Å²) in [6.45, 7) is 0.113. The van der Waals surface area contributed by atoms with Gasteiger partial charge < -0.3 is 19.7 Å². The Balaban J connectivity index is 2.08. The highest BCUT2D eigenvalue weighted by Crippen LogP contribution is 2.42. The van der Waals surface area contributed by atoms with Gasteiger partial charge in [-0.05, 0) is 24.5 Å². The number of phenols is 1. The molecule has 0 amide bonds. The number of ether oxygens (including phenoxy) is 2. The van der Waals surface area contributed by atoms with Crippen LogP contribution in [0.15, 0.2) is 12.1 Å². The van der Waals surface area contributed by atoms with Gasteiger partial charge in [-0.3, -0.25) is 4.79 Å². The molecule has 5 nitrogen and oxygen atoms in total. The first kappa shape index (κ1) is 10.6. The van der Waals surface area contributed by atoms with Crippen LogP contribution in [0.3, 0.4) is 0 Å². The number of aromatic hydroxyl groups is 1. The van der Waals surface area contributed by atoms with Gasteiger partial charge in [-0.1, -0.05) is 6.07 Å². The summed E-state index contributed by atoms with van der Waals surface area (Å²) in [7, 11) is 0. The standard InChI is InChI=1S/C11H12O5/c12-9(13)3-1-2-7-4-5-8-11(10(7)14)16-6-15-8/h4-5,14H,1-3,6H2,(H,12,13). The number of rotatable bonds is 4. The minimum atomic E-state index is -0.833. The molecule has 86 valence electrons. The Kier molecular flexibility index (Phi) is 2.85. The fourth-order valence-corrected chi connectivity index (χ4v) is 1.63. The topological polar surface area (TPSA) is 76.0 Å². The smallest absolute Gasteiger partial charge is 0.303 e. The maximum atomic E-state index is 10.4. The second-order valence-electron chi connectivity index (χ2n) is 3.55. The number of carboxylic acids is 1. The molecular formula is C11H12O5. The molecule has 2 N–H and O–H groups in total. The first-order valence-electron chi connectivity index (χ1n) is 5.00. The number of aliphatic carboxylic acids is 1. The lowest BCUT2D eigenvalue weighted by Gasteiger charge is -2.06. The molecule has 0 saturated carbocycles. The fourth-order valence-electron chi connectivity index (χ4n) is 1.63. The van der Waals surface area contributed by atoms with Crippen molar-refractivity contribution < 1.29 is 24.5 Å². The lowest BCUT2D eigenvalue weighted by atomic mass is 10.1. The Morgan fingerprint density at radius 1 is 1.38 bits per heavy atom. The van der Waals surface area contributed by atoms with Crippen molar-refractivity contribution in [2.45, 2.75) is 19.3 Å². The van der Waals surface area contributed by atoms with Crippen molar-refractivity contribution in [1.29, 1.82) is 0 Å². The van der Waals surface area contributed by atoms with E-state index in [-0.39, 0.29) is 19.0 Å². The summed E-state index contributed by atoms with van der Waals surface area (Å²) in [5, 5.41) is 18.3. The van der Waals surface area contributed by atoms with Crippen LogP contribution in [0.1, 0.15) is 18.4 Å². The van der Waals surface area contributed by atoms with Gasteiger partial charge in [0.1, 0.15) is 0 Å². The summed E-state index contributed by atoms with van der Waals surface area (Å²) in [5.41, 5.74) is 0.686. The first-order valence-corrected chi connectivity index (χ1v) is 5.00. The number of hydrogen-bond donors (Lipinski definition) is 2. The van der Waals surface area contributed by atoms with Crippen LogP contribution in [0.2, 0.25) is 0 Å². The third-order valence-corrected chi connectivity index (χ3v) is 2.43. The Morgan fingerprint density at radius 2 is 2.19 bits per heavy atom. The molecule has 0 bridgehead atoms. The fraction of sp³-hybridized carbons (Fsp3) is 0.364. The van der Waals surface area contributed by atoms with Gasteiger partial charge in [0.05, 0.1) is 0 Å². The van der Waals surface area contributed by atoms with Crippen LogP contribution in [-0.2, 0) is 11.2 Å². The highest BCUT2D eigenvalue weighted by molar-refractivity contribution is 5.66. The van der Waals surface area contributed by atoms with E-state index in [1.807, 2.05) is 0 Å². The molecule has 1 aromatic carbocycles. The molecule has 5 heteroatoms. The number of phenolic OH excluding ortho intramolecular Hbond substituents is 1. The molecule has 1 aliphatic rings. The molecule has 16 heavy (non-hydrogen) atoms. The van der Waals surface area contributed by atoms with Crippen molar-refractivity contribution in [2.75, 3.05) is 6.79 Å². The molecular weight excluding hydrogens is 212 g/mol. The Labute approximate surface area is 92.2 Å². The van der Waals surface area contributed by atoms with E-state index in [0.29, 0.717) is 29.9 Å². The minimum absolute atomic E-state index is 0.0559. The van der Waals surface area contributed by atoms with Crippen LogP contribution in [0.4, 0.5) is 0 Å². The Morgan fingerprint density at radius 3 is 2.94 bits per heavy atom. The van der Waals surface area contributed by atoms with Gasteiger partial charge in [0.25, 0.3) is 0 Å². The zero-order chi connectivity index (χ0) is 11.5. The van der Waals surface area contributed by atoms with Crippen LogP contribution in [0.5, 0.6) is 17.2 Å². The molecule has 1 heterocycles.